The molecular weight excluding hydrogens is 392 g/mol. The molecule has 3 heteroatoms. The van der Waals surface area contributed by atoms with E-state index < -0.39 is 0 Å². The summed E-state index contributed by atoms with van der Waals surface area (Å²) in [5.74, 6) is 2.77. The van der Waals surface area contributed by atoms with Crippen molar-refractivity contribution in [3.63, 3.8) is 0 Å². The molecule has 2 bridgehead atoms. The van der Waals surface area contributed by atoms with Crippen molar-refractivity contribution in [1.82, 2.24) is 4.90 Å². The van der Waals surface area contributed by atoms with Gasteiger partial charge in [-0.25, -0.2) is 0 Å². The molecule has 0 aromatic heterocycles. The molecule has 170 valence electrons. The smallest absolute Gasteiger partial charge is 0.118 e. The normalized spacial score (nSPS) is 29.5. The third-order valence-electron chi connectivity index (χ3n) is 9.32. The van der Waals surface area contributed by atoms with E-state index in [1.165, 1.54) is 82.1 Å². The molecule has 1 saturated heterocycles. The van der Waals surface area contributed by atoms with Gasteiger partial charge in [-0.15, -0.1) is 0 Å². The fourth-order valence-electron chi connectivity index (χ4n) is 7.38. The Bertz CT molecular complexity index is 950. The van der Waals surface area contributed by atoms with Crippen molar-refractivity contribution in [2.45, 2.75) is 75.8 Å². The summed E-state index contributed by atoms with van der Waals surface area (Å²) in [6.07, 6.45) is 12.7. The molecule has 3 fully saturated rings. The number of likely N-dealkylation sites (tertiary alicyclic amines) is 1. The fourth-order valence-corrected chi connectivity index (χ4v) is 7.38. The Morgan fingerprint density at radius 3 is 2.66 bits per heavy atom. The van der Waals surface area contributed by atoms with Gasteiger partial charge in [0.25, 0.3) is 0 Å². The van der Waals surface area contributed by atoms with Gasteiger partial charge in [-0.2, -0.15) is 0 Å². The Kier molecular flexibility index (Phi) is 5.41. The van der Waals surface area contributed by atoms with Gasteiger partial charge in [0, 0.05) is 30.2 Å². The van der Waals surface area contributed by atoms with E-state index >= 15 is 0 Å². The van der Waals surface area contributed by atoms with Crippen molar-refractivity contribution in [1.29, 1.82) is 0 Å². The monoisotopic (exact) mass is 430 g/mol. The molecule has 32 heavy (non-hydrogen) atoms. The lowest BCUT2D eigenvalue weighted by Crippen LogP contribution is -2.61. The number of hydrogen-bond acceptors (Lipinski definition) is 3. The molecule has 3 aliphatic carbocycles. The number of rotatable bonds is 6. The van der Waals surface area contributed by atoms with E-state index in [2.05, 4.69) is 40.5 Å². The SMILES string of the molecule is COc1ccc(CNc2ccc3c(c2)C24CCCCC2[C@@H](C3)N(CC2CCC2)CC4)cc1. The Morgan fingerprint density at radius 2 is 1.88 bits per heavy atom. The quantitative estimate of drug-likeness (QED) is 0.593. The lowest BCUT2D eigenvalue weighted by Gasteiger charge is -2.59. The first-order valence-electron chi connectivity index (χ1n) is 13.0. The fraction of sp³-hybridized carbons (Fsp3) is 0.586. The van der Waals surface area contributed by atoms with E-state index in [9.17, 15) is 0 Å². The lowest BCUT2D eigenvalue weighted by molar-refractivity contribution is -0.0239. The summed E-state index contributed by atoms with van der Waals surface area (Å²) in [6, 6.07) is 16.5. The van der Waals surface area contributed by atoms with Crippen LogP contribution < -0.4 is 10.1 Å². The van der Waals surface area contributed by atoms with E-state index in [1.807, 2.05) is 12.1 Å². The maximum atomic E-state index is 5.30. The minimum atomic E-state index is 0.435. The van der Waals surface area contributed by atoms with Gasteiger partial charge in [0.15, 0.2) is 0 Å². The topological polar surface area (TPSA) is 24.5 Å². The van der Waals surface area contributed by atoms with Gasteiger partial charge in [-0.1, -0.05) is 37.5 Å². The van der Waals surface area contributed by atoms with E-state index in [0.29, 0.717) is 5.41 Å². The van der Waals surface area contributed by atoms with E-state index in [1.54, 1.807) is 18.2 Å². The first-order valence-corrected chi connectivity index (χ1v) is 13.0. The second kappa shape index (κ2) is 8.41. The Balaban J connectivity index is 1.24. The summed E-state index contributed by atoms with van der Waals surface area (Å²) < 4.78 is 5.30. The molecule has 2 unspecified atom stereocenters. The van der Waals surface area contributed by atoms with Gasteiger partial charge < -0.3 is 10.1 Å². The summed E-state index contributed by atoms with van der Waals surface area (Å²) in [4.78, 5) is 2.93. The van der Waals surface area contributed by atoms with E-state index in [-0.39, 0.29) is 0 Å². The van der Waals surface area contributed by atoms with Crippen LogP contribution in [0, 0.1) is 11.8 Å². The molecule has 2 aromatic rings. The van der Waals surface area contributed by atoms with Crippen LogP contribution in [0.4, 0.5) is 5.69 Å². The molecule has 0 radical (unpaired) electrons. The van der Waals surface area contributed by atoms with Crippen LogP contribution in [0.25, 0.3) is 0 Å². The van der Waals surface area contributed by atoms with Gasteiger partial charge in [0.05, 0.1) is 7.11 Å². The average molecular weight is 431 g/mol. The van der Waals surface area contributed by atoms with Crippen LogP contribution in [0.3, 0.4) is 0 Å². The van der Waals surface area contributed by atoms with Crippen molar-refractivity contribution >= 4 is 5.69 Å². The second-order valence-electron chi connectivity index (χ2n) is 10.9. The van der Waals surface area contributed by atoms with Crippen LogP contribution in [-0.4, -0.2) is 31.1 Å². The highest BCUT2D eigenvalue weighted by Gasteiger charge is 2.53. The standard InChI is InChI=1S/C29H38N2O/c1-32-25-12-8-21(9-13-25)19-30-24-11-10-23-17-28-26-7-2-3-14-29(26,27(23)18-24)15-16-31(28)20-22-5-4-6-22/h8-13,18,22,26,28,30H,2-7,14-17,19-20H2,1H3/t26?,28-,29?/m1/s1. The van der Waals surface area contributed by atoms with Crippen molar-refractivity contribution in [3.8, 4) is 5.75 Å². The minimum Gasteiger partial charge on any atom is -0.497 e. The molecule has 2 saturated carbocycles. The highest BCUT2D eigenvalue weighted by atomic mass is 16.5. The van der Waals surface area contributed by atoms with Crippen LogP contribution in [0.15, 0.2) is 42.5 Å². The van der Waals surface area contributed by atoms with Gasteiger partial charge in [0.1, 0.15) is 5.75 Å². The maximum Gasteiger partial charge on any atom is 0.118 e. The zero-order chi connectivity index (χ0) is 21.5. The molecule has 3 atom stereocenters. The first kappa shape index (κ1) is 20.6. The average Bonchev–Trinajstić information content (AvgIpc) is 2.81. The predicted molar refractivity (Wildman–Crippen MR) is 131 cm³/mol. The molecule has 6 rings (SSSR count). The summed E-state index contributed by atoms with van der Waals surface area (Å²) >= 11 is 0. The van der Waals surface area contributed by atoms with Crippen molar-refractivity contribution in [3.05, 3.63) is 59.2 Å². The lowest BCUT2D eigenvalue weighted by atomic mass is 9.52. The van der Waals surface area contributed by atoms with Crippen molar-refractivity contribution < 1.29 is 4.74 Å². The zero-order valence-corrected chi connectivity index (χ0v) is 19.6. The molecule has 0 amide bonds. The van der Waals surface area contributed by atoms with Crippen LogP contribution in [0.5, 0.6) is 5.75 Å². The van der Waals surface area contributed by atoms with Crippen LogP contribution in [0.2, 0.25) is 0 Å². The molecule has 2 aromatic carbocycles. The number of benzene rings is 2. The Hall–Kier alpha value is -2.00. The first-order chi connectivity index (χ1) is 15.7. The number of methoxy groups -OCH3 is 1. The third-order valence-corrected chi connectivity index (χ3v) is 9.32. The molecular formula is C29H38N2O. The molecule has 3 nitrogen and oxygen atoms in total. The molecule has 1 aliphatic heterocycles. The second-order valence-corrected chi connectivity index (χ2v) is 10.9. The van der Waals surface area contributed by atoms with Crippen LogP contribution in [0.1, 0.15) is 68.1 Å². The summed E-state index contributed by atoms with van der Waals surface area (Å²) in [5, 5.41) is 3.71. The zero-order valence-electron chi connectivity index (χ0n) is 19.6. The van der Waals surface area contributed by atoms with Crippen LogP contribution in [-0.2, 0) is 18.4 Å². The number of fused-ring (bicyclic) bond motifs is 1. The molecule has 1 N–H and O–H groups in total. The Labute approximate surface area is 193 Å². The predicted octanol–water partition coefficient (Wildman–Crippen LogP) is 6.17. The van der Waals surface area contributed by atoms with Gasteiger partial charge in [-0.3, -0.25) is 4.90 Å². The largest absolute Gasteiger partial charge is 0.497 e. The Morgan fingerprint density at radius 1 is 1.00 bits per heavy atom. The minimum absolute atomic E-state index is 0.435. The highest BCUT2D eigenvalue weighted by molar-refractivity contribution is 5.54. The van der Waals surface area contributed by atoms with Gasteiger partial charge in [-0.05, 0) is 97.9 Å². The number of anilines is 1. The van der Waals surface area contributed by atoms with E-state index in [4.69, 9.17) is 4.74 Å². The van der Waals surface area contributed by atoms with E-state index in [0.717, 1.165) is 30.2 Å². The summed E-state index contributed by atoms with van der Waals surface area (Å²) in [6.45, 7) is 3.55. The maximum absolute atomic E-state index is 5.30. The number of hydrogen-bond donors (Lipinski definition) is 1. The number of piperidine rings is 1. The highest BCUT2D eigenvalue weighted by Crippen LogP contribution is 2.56. The van der Waals surface area contributed by atoms with Crippen LogP contribution >= 0.6 is 0 Å². The molecule has 0 spiro atoms. The van der Waals surface area contributed by atoms with Crippen molar-refractivity contribution in [2.75, 3.05) is 25.5 Å². The number of ether oxygens (including phenoxy) is 1. The summed E-state index contributed by atoms with van der Waals surface area (Å²) in [7, 11) is 1.72. The number of nitrogens with one attached hydrogen (secondary N) is 1. The number of nitrogens with zero attached hydrogens (tertiary/aromatic N) is 1. The van der Waals surface area contributed by atoms with Crippen molar-refractivity contribution in [2.24, 2.45) is 11.8 Å². The molecule has 4 aliphatic rings. The van der Waals surface area contributed by atoms with Gasteiger partial charge >= 0.3 is 0 Å². The summed E-state index contributed by atoms with van der Waals surface area (Å²) in [5.41, 5.74) is 6.35. The van der Waals surface area contributed by atoms with Gasteiger partial charge in [0.2, 0.25) is 0 Å². The molecule has 1 heterocycles. The third kappa shape index (κ3) is 3.53.